The largest absolute Gasteiger partial charge is 0.378 e. The first-order chi connectivity index (χ1) is 17.0. The van der Waals surface area contributed by atoms with Crippen molar-refractivity contribution < 1.29 is 19.1 Å². The number of hydrogen-bond acceptors (Lipinski definition) is 5. The smallest absolute Gasteiger partial charge is 0.256 e. The number of carbonyl (C=O) groups excluding carboxylic acids is 3. The molecule has 2 aromatic carbocycles. The third kappa shape index (κ3) is 5.44. The summed E-state index contributed by atoms with van der Waals surface area (Å²) in [7, 11) is 0. The Hall–Kier alpha value is -3.10. The standard InChI is InChI=1S/C26H29ClN4O4/c27-20-5-3-18(4-6-20)24(32)28-21-7-8-23(22(17-21)26(34)31-13-15-35-16-14-31)29-9-11-30(12-10-29)25(33)19-1-2-19/h3-8,17,19H,1-2,9-16H2,(H,28,32). The van der Waals surface area contributed by atoms with Gasteiger partial charge in [0, 0.05) is 67.1 Å². The molecule has 2 aromatic rings. The quantitative estimate of drug-likeness (QED) is 0.687. The third-order valence-electron chi connectivity index (χ3n) is 6.75. The summed E-state index contributed by atoms with van der Waals surface area (Å²) in [5.74, 6) is 0.117. The summed E-state index contributed by atoms with van der Waals surface area (Å²) in [4.78, 5) is 44.6. The van der Waals surface area contributed by atoms with Crippen molar-refractivity contribution in [1.29, 1.82) is 0 Å². The van der Waals surface area contributed by atoms with Crippen molar-refractivity contribution in [2.75, 3.05) is 62.7 Å². The second-order valence-electron chi connectivity index (χ2n) is 9.18. The highest BCUT2D eigenvalue weighted by atomic mass is 35.5. The minimum absolute atomic E-state index is 0.0811. The number of rotatable bonds is 5. The number of benzene rings is 2. The molecule has 8 nitrogen and oxygen atoms in total. The van der Waals surface area contributed by atoms with E-state index in [1.165, 1.54) is 0 Å². The summed E-state index contributed by atoms with van der Waals surface area (Å²) < 4.78 is 5.42. The summed E-state index contributed by atoms with van der Waals surface area (Å²) in [5, 5.41) is 3.46. The summed E-state index contributed by atoms with van der Waals surface area (Å²) in [6.07, 6.45) is 2.00. The van der Waals surface area contributed by atoms with Crippen LogP contribution in [0.15, 0.2) is 42.5 Å². The van der Waals surface area contributed by atoms with Crippen LogP contribution in [0.2, 0.25) is 5.02 Å². The number of morpholine rings is 1. The normalized spacial score (nSPS) is 18.4. The Balaban J connectivity index is 1.36. The average molecular weight is 497 g/mol. The van der Waals surface area contributed by atoms with Gasteiger partial charge in [0.1, 0.15) is 0 Å². The van der Waals surface area contributed by atoms with Gasteiger partial charge < -0.3 is 24.8 Å². The molecule has 3 amide bonds. The molecule has 3 fully saturated rings. The van der Waals surface area contributed by atoms with Gasteiger partial charge in [0.15, 0.2) is 0 Å². The number of carbonyl (C=O) groups is 3. The Morgan fingerprint density at radius 3 is 2.20 bits per heavy atom. The molecule has 0 spiro atoms. The van der Waals surface area contributed by atoms with Gasteiger partial charge in [0.05, 0.1) is 18.8 Å². The molecule has 3 aliphatic rings. The molecule has 2 saturated heterocycles. The Morgan fingerprint density at radius 1 is 0.857 bits per heavy atom. The molecule has 184 valence electrons. The Bertz CT molecular complexity index is 1100. The van der Waals surface area contributed by atoms with E-state index in [0.29, 0.717) is 74.3 Å². The third-order valence-corrected chi connectivity index (χ3v) is 7.00. The summed E-state index contributed by atoms with van der Waals surface area (Å²) >= 11 is 5.93. The first-order valence-corrected chi connectivity index (χ1v) is 12.5. The van der Waals surface area contributed by atoms with E-state index in [9.17, 15) is 14.4 Å². The van der Waals surface area contributed by atoms with Gasteiger partial charge in [-0.1, -0.05) is 11.6 Å². The lowest BCUT2D eigenvalue weighted by atomic mass is 10.1. The van der Waals surface area contributed by atoms with E-state index in [4.69, 9.17) is 16.3 Å². The molecule has 9 heteroatoms. The van der Waals surface area contributed by atoms with Crippen LogP contribution < -0.4 is 10.2 Å². The van der Waals surface area contributed by atoms with Crippen LogP contribution in [0.5, 0.6) is 0 Å². The van der Waals surface area contributed by atoms with Gasteiger partial charge in [-0.15, -0.1) is 0 Å². The number of amides is 3. The Kier molecular flexibility index (Phi) is 6.92. The Labute approximate surface area is 209 Å². The number of halogens is 1. The highest BCUT2D eigenvalue weighted by molar-refractivity contribution is 6.30. The molecule has 1 N–H and O–H groups in total. The fraction of sp³-hybridized carbons (Fsp3) is 0.423. The van der Waals surface area contributed by atoms with E-state index in [-0.39, 0.29) is 23.6 Å². The maximum absolute atomic E-state index is 13.5. The van der Waals surface area contributed by atoms with Crippen molar-refractivity contribution in [1.82, 2.24) is 9.80 Å². The van der Waals surface area contributed by atoms with Crippen molar-refractivity contribution in [3.8, 4) is 0 Å². The molecule has 1 aliphatic carbocycles. The second kappa shape index (κ2) is 10.3. The number of anilines is 2. The first-order valence-electron chi connectivity index (χ1n) is 12.1. The van der Waals surface area contributed by atoms with Crippen molar-refractivity contribution >= 4 is 40.7 Å². The molecule has 2 aliphatic heterocycles. The molecule has 5 rings (SSSR count). The molecule has 0 bridgehead atoms. The number of nitrogens with zero attached hydrogens (tertiary/aromatic N) is 3. The molecular formula is C26H29ClN4O4. The fourth-order valence-corrected chi connectivity index (χ4v) is 4.68. The molecule has 0 unspecified atom stereocenters. The van der Waals surface area contributed by atoms with E-state index in [1.807, 2.05) is 17.0 Å². The van der Waals surface area contributed by atoms with E-state index in [1.54, 1.807) is 35.2 Å². The minimum atomic E-state index is -0.272. The van der Waals surface area contributed by atoms with Crippen LogP contribution >= 0.6 is 11.6 Å². The minimum Gasteiger partial charge on any atom is -0.378 e. The highest BCUT2D eigenvalue weighted by Gasteiger charge is 2.35. The molecular weight excluding hydrogens is 468 g/mol. The summed E-state index contributed by atoms with van der Waals surface area (Å²) in [6, 6.07) is 12.1. The highest BCUT2D eigenvalue weighted by Crippen LogP contribution is 2.32. The van der Waals surface area contributed by atoms with Crippen LogP contribution in [0, 0.1) is 5.92 Å². The van der Waals surface area contributed by atoms with E-state index < -0.39 is 0 Å². The number of hydrogen-bond donors (Lipinski definition) is 1. The first kappa shape index (κ1) is 23.6. The zero-order valence-electron chi connectivity index (χ0n) is 19.5. The zero-order chi connectivity index (χ0) is 24.4. The van der Waals surface area contributed by atoms with E-state index >= 15 is 0 Å². The van der Waals surface area contributed by atoms with Crippen LogP contribution in [0.4, 0.5) is 11.4 Å². The van der Waals surface area contributed by atoms with Crippen LogP contribution in [0.3, 0.4) is 0 Å². The topological polar surface area (TPSA) is 82.2 Å². The fourth-order valence-electron chi connectivity index (χ4n) is 4.56. The predicted molar refractivity (Wildman–Crippen MR) is 134 cm³/mol. The van der Waals surface area contributed by atoms with E-state index in [0.717, 1.165) is 18.5 Å². The molecule has 1 saturated carbocycles. The van der Waals surface area contributed by atoms with Crippen LogP contribution in [-0.4, -0.2) is 80.0 Å². The van der Waals surface area contributed by atoms with Gasteiger partial charge in [-0.25, -0.2) is 0 Å². The average Bonchev–Trinajstić information content (AvgIpc) is 3.74. The number of piperazine rings is 1. The van der Waals surface area contributed by atoms with Gasteiger partial charge in [-0.05, 0) is 55.3 Å². The molecule has 0 radical (unpaired) electrons. The monoisotopic (exact) mass is 496 g/mol. The van der Waals surface area contributed by atoms with Crippen molar-refractivity contribution in [3.05, 3.63) is 58.6 Å². The van der Waals surface area contributed by atoms with Crippen LogP contribution in [-0.2, 0) is 9.53 Å². The van der Waals surface area contributed by atoms with Crippen molar-refractivity contribution in [2.45, 2.75) is 12.8 Å². The number of nitrogens with one attached hydrogen (secondary N) is 1. The number of ether oxygens (including phenoxy) is 1. The zero-order valence-corrected chi connectivity index (χ0v) is 20.3. The molecule has 0 atom stereocenters. The second-order valence-corrected chi connectivity index (χ2v) is 9.62. The molecule has 2 heterocycles. The van der Waals surface area contributed by atoms with Gasteiger partial charge in [0.2, 0.25) is 5.91 Å². The maximum atomic E-state index is 13.5. The molecule has 0 aromatic heterocycles. The van der Waals surface area contributed by atoms with E-state index in [2.05, 4.69) is 10.2 Å². The maximum Gasteiger partial charge on any atom is 0.256 e. The summed E-state index contributed by atoms with van der Waals surface area (Å²) in [6.45, 7) is 4.71. The lowest BCUT2D eigenvalue weighted by Gasteiger charge is -2.37. The Morgan fingerprint density at radius 2 is 1.54 bits per heavy atom. The van der Waals surface area contributed by atoms with Crippen molar-refractivity contribution in [2.24, 2.45) is 5.92 Å². The van der Waals surface area contributed by atoms with Gasteiger partial charge in [-0.2, -0.15) is 0 Å². The van der Waals surface area contributed by atoms with Gasteiger partial charge >= 0.3 is 0 Å². The van der Waals surface area contributed by atoms with Gasteiger partial charge in [0.25, 0.3) is 11.8 Å². The predicted octanol–water partition coefficient (Wildman–Crippen LogP) is 3.12. The SMILES string of the molecule is O=C(Nc1ccc(N2CCN(C(=O)C3CC3)CC2)c(C(=O)N2CCOCC2)c1)c1ccc(Cl)cc1. The van der Waals surface area contributed by atoms with Crippen LogP contribution in [0.1, 0.15) is 33.6 Å². The molecule has 35 heavy (non-hydrogen) atoms. The lowest BCUT2D eigenvalue weighted by molar-refractivity contribution is -0.132. The van der Waals surface area contributed by atoms with Crippen LogP contribution in [0.25, 0.3) is 0 Å². The van der Waals surface area contributed by atoms with Crippen molar-refractivity contribution in [3.63, 3.8) is 0 Å². The van der Waals surface area contributed by atoms with Gasteiger partial charge in [-0.3, -0.25) is 14.4 Å². The lowest BCUT2D eigenvalue weighted by Crippen LogP contribution is -2.50. The summed E-state index contributed by atoms with van der Waals surface area (Å²) in [5.41, 5.74) is 2.40.